The predicted molar refractivity (Wildman–Crippen MR) is 80.0 cm³/mol. The number of hydrogen-bond acceptors (Lipinski definition) is 4. The molecule has 0 fully saturated rings. The molecule has 0 saturated heterocycles. The number of hydrogen-bond donors (Lipinski definition) is 1. The Hall–Kier alpha value is -1.36. The SMILES string of the molecule is Cc1c(C#C[Si](C)(C)C)cc(OS(=O)(=O)F)cc1CN. The maximum absolute atomic E-state index is 12.6. The fraction of sp³-hybridized carbons (Fsp3) is 0.385. The summed E-state index contributed by atoms with van der Waals surface area (Å²) in [5, 5.41) is 0. The molecule has 7 heteroatoms. The number of nitrogens with two attached hydrogens (primary N) is 1. The fourth-order valence-electron chi connectivity index (χ4n) is 1.50. The molecule has 1 aromatic carbocycles. The zero-order valence-corrected chi connectivity index (χ0v) is 13.8. The van der Waals surface area contributed by atoms with Crippen LogP contribution >= 0.6 is 0 Å². The maximum atomic E-state index is 12.6. The Kier molecular flexibility index (Phi) is 4.97. The molecular formula is C13H18FNO3SSi. The van der Waals surface area contributed by atoms with Crippen LogP contribution < -0.4 is 9.92 Å². The zero-order valence-electron chi connectivity index (χ0n) is 12.0. The maximum Gasteiger partial charge on any atom is 0.488 e. The van der Waals surface area contributed by atoms with Crippen molar-refractivity contribution in [3.05, 3.63) is 28.8 Å². The lowest BCUT2D eigenvalue weighted by molar-refractivity contribution is 0.440. The summed E-state index contributed by atoms with van der Waals surface area (Å²) >= 11 is 0. The van der Waals surface area contributed by atoms with Crippen molar-refractivity contribution in [1.29, 1.82) is 0 Å². The van der Waals surface area contributed by atoms with E-state index in [1.807, 2.05) is 6.92 Å². The van der Waals surface area contributed by atoms with E-state index < -0.39 is 18.6 Å². The second-order valence-electron chi connectivity index (χ2n) is 5.44. The molecule has 0 aromatic heterocycles. The van der Waals surface area contributed by atoms with Gasteiger partial charge >= 0.3 is 10.5 Å². The molecule has 0 atom stereocenters. The summed E-state index contributed by atoms with van der Waals surface area (Å²) in [6.07, 6.45) is 0. The van der Waals surface area contributed by atoms with Gasteiger partial charge in [0.2, 0.25) is 0 Å². The quantitative estimate of drug-likeness (QED) is 0.528. The van der Waals surface area contributed by atoms with Gasteiger partial charge in [0.25, 0.3) is 0 Å². The highest BCUT2D eigenvalue weighted by Gasteiger charge is 2.14. The van der Waals surface area contributed by atoms with Crippen LogP contribution in [0.5, 0.6) is 5.75 Å². The molecule has 4 nitrogen and oxygen atoms in total. The summed E-state index contributed by atoms with van der Waals surface area (Å²) in [6.45, 7) is 8.30. The molecule has 2 N–H and O–H groups in total. The molecule has 110 valence electrons. The summed E-state index contributed by atoms with van der Waals surface area (Å²) in [5.41, 5.74) is 10.9. The molecule has 20 heavy (non-hydrogen) atoms. The molecule has 0 bridgehead atoms. The van der Waals surface area contributed by atoms with Crippen molar-refractivity contribution >= 4 is 18.6 Å². The zero-order chi connectivity index (χ0) is 15.6. The van der Waals surface area contributed by atoms with Gasteiger partial charge in [-0.2, -0.15) is 8.42 Å². The smallest absolute Gasteiger partial charge is 0.358 e. The molecule has 0 spiro atoms. The lowest BCUT2D eigenvalue weighted by Crippen LogP contribution is -2.16. The van der Waals surface area contributed by atoms with Crippen molar-refractivity contribution < 1.29 is 16.5 Å². The molecule has 0 heterocycles. The van der Waals surface area contributed by atoms with Gasteiger partial charge in [-0.1, -0.05) is 29.4 Å². The second-order valence-corrected chi connectivity index (χ2v) is 11.1. The van der Waals surface area contributed by atoms with E-state index in [0.29, 0.717) is 11.1 Å². The van der Waals surface area contributed by atoms with Crippen LogP contribution in [0.25, 0.3) is 0 Å². The van der Waals surface area contributed by atoms with Gasteiger partial charge in [0.05, 0.1) is 0 Å². The van der Waals surface area contributed by atoms with Crippen LogP contribution in [0.1, 0.15) is 16.7 Å². The van der Waals surface area contributed by atoms with E-state index in [0.717, 1.165) is 5.56 Å². The van der Waals surface area contributed by atoms with Gasteiger partial charge in [0.15, 0.2) is 0 Å². The van der Waals surface area contributed by atoms with E-state index in [4.69, 9.17) is 5.73 Å². The number of benzene rings is 1. The van der Waals surface area contributed by atoms with Crippen LogP contribution in [0.2, 0.25) is 19.6 Å². The van der Waals surface area contributed by atoms with Crippen molar-refractivity contribution in [1.82, 2.24) is 0 Å². The lowest BCUT2D eigenvalue weighted by Gasteiger charge is -2.10. The molecule has 1 aromatic rings. The first kappa shape index (κ1) is 16.7. The van der Waals surface area contributed by atoms with E-state index in [-0.39, 0.29) is 12.3 Å². The third-order valence-electron chi connectivity index (χ3n) is 2.48. The van der Waals surface area contributed by atoms with Crippen molar-refractivity contribution in [3.63, 3.8) is 0 Å². The Morgan fingerprint density at radius 3 is 2.40 bits per heavy atom. The largest absolute Gasteiger partial charge is 0.488 e. The molecule has 0 aliphatic carbocycles. The molecule has 0 radical (unpaired) electrons. The molecular weight excluding hydrogens is 297 g/mol. The summed E-state index contributed by atoms with van der Waals surface area (Å²) in [4.78, 5) is 0. The second kappa shape index (κ2) is 5.95. The van der Waals surface area contributed by atoms with E-state index in [1.54, 1.807) is 0 Å². The highest BCUT2D eigenvalue weighted by molar-refractivity contribution is 7.81. The minimum Gasteiger partial charge on any atom is -0.358 e. The van der Waals surface area contributed by atoms with Gasteiger partial charge in [-0.25, -0.2) is 0 Å². The Labute approximate surface area is 120 Å². The Morgan fingerprint density at radius 1 is 1.35 bits per heavy atom. The van der Waals surface area contributed by atoms with Crippen molar-refractivity contribution in [3.8, 4) is 17.2 Å². The van der Waals surface area contributed by atoms with Gasteiger partial charge in [0, 0.05) is 12.1 Å². The highest BCUT2D eigenvalue weighted by atomic mass is 32.3. The normalized spacial score (nSPS) is 11.7. The third kappa shape index (κ3) is 5.33. The van der Waals surface area contributed by atoms with Crippen LogP contribution in [-0.2, 0) is 17.0 Å². The van der Waals surface area contributed by atoms with Crippen LogP contribution in [0.4, 0.5) is 3.89 Å². The molecule has 0 amide bonds. The molecule has 0 saturated carbocycles. The van der Waals surface area contributed by atoms with Crippen LogP contribution in [0, 0.1) is 18.4 Å². The average molecular weight is 315 g/mol. The topological polar surface area (TPSA) is 69.4 Å². The van der Waals surface area contributed by atoms with Gasteiger partial charge in [-0.3, -0.25) is 0 Å². The highest BCUT2D eigenvalue weighted by Crippen LogP contribution is 2.23. The fourth-order valence-corrected chi connectivity index (χ4v) is 2.34. The van der Waals surface area contributed by atoms with Gasteiger partial charge in [-0.05, 0) is 30.2 Å². The predicted octanol–water partition coefficient (Wildman–Crippen LogP) is 2.28. The van der Waals surface area contributed by atoms with E-state index >= 15 is 0 Å². The molecule has 0 aliphatic rings. The van der Waals surface area contributed by atoms with Crippen LogP contribution in [0.15, 0.2) is 12.1 Å². The van der Waals surface area contributed by atoms with E-state index in [2.05, 4.69) is 35.3 Å². The van der Waals surface area contributed by atoms with Gasteiger partial charge in [-0.15, -0.1) is 5.54 Å². The Bertz CT molecular complexity index is 669. The summed E-state index contributed by atoms with van der Waals surface area (Å²) < 4.78 is 38.0. The van der Waals surface area contributed by atoms with Gasteiger partial charge in [0.1, 0.15) is 13.8 Å². The Balaban J connectivity index is 3.35. The minimum absolute atomic E-state index is 0.113. The number of rotatable bonds is 3. The van der Waals surface area contributed by atoms with Crippen LogP contribution in [-0.4, -0.2) is 16.5 Å². The Morgan fingerprint density at radius 2 is 1.95 bits per heavy atom. The minimum atomic E-state index is -5.06. The third-order valence-corrected chi connectivity index (χ3v) is 3.74. The van der Waals surface area contributed by atoms with Gasteiger partial charge < -0.3 is 9.92 Å². The standard InChI is InChI=1S/C13H18FNO3SSi/c1-10-11(5-6-20(2,3)4)7-13(8-12(10)9-15)18-19(14,16)17/h7-8H,9,15H2,1-4H3. The van der Waals surface area contributed by atoms with Crippen molar-refractivity contribution in [2.45, 2.75) is 33.1 Å². The first-order valence-corrected chi connectivity index (χ1v) is 10.8. The molecule has 0 aliphatic heterocycles. The summed E-state index contributed by atoms with van der Waals surface area (Å²) in [5.74, 6) is 2.90. The van der Waals surface area contributed by atoms with Crippen molar-refractivity contribution in [2.24, 2.45) is 5.73 Å². The van der Waals surface area contributed by atoms with E-state index in [9.17, 15) is 12.3 Å². The monoisotopic (exact) mass is 315 g/mol. The first-order chi connectivity index (χ1) is 9.02. The van der Waals surface area contributed by atoms with Crippen LogP contribution in [0.3, 0.4) is 0 Å². The molecule has 1 rings (SSSR count). The van der Waals surface area contributed by atoms with E-state index in [1.165, 1.54) is 12.1 Å². The van der Waals surface area contributed by atoms with Crippen molar-refractivity contribution in [2.75, 3.05) is 0 Å². The summed E-state index contributed by atoms with van der Waals surface area (Å²) in [6, 6.07) is 2.82. The summed E-state index contributed by atoms with van der Waals surface area (Å²) in [7, 11) is -6.64. The first-order valence-electron chi connectivity index (χ1n) is 6.02. The molecule has 0 unspecified atom stereocenters. The lowest BCUT2D eigenvalue weighted by atomic mass is 10.0. The average Bonchev–Trinajstić information content (AvgIpc) is 2.26. The number of halogens is 1.